The molecule has 0 aliphatic heterocycles. The zero-order valence-corrected chi connectivity index (χ0v) is 12.9. The Morgan fingerprint density at radius 1 is 1.38 bits per heavy atom. The summed E-state index contributed by atoms with van der Waals surface area (Å²) in [6.07, 6.45) is -4.13. The Labute approximate surface area is 136 Å². The van der Waals surface area contributed by atoms with Gasteiger partial charge < -0.3 is 15.2 Å². The molecule has 2 rings (SSSR count). The summed E-state index contributed by atoms with van der Waals surface area (Å²) in [4.78, 5) is 16.4. The highest BCUT2D eigenvalue weighted by atomic mass is 19.4. The van der Waals surface area contributed by atoms with Gasteiger partial charge in [0.1, 0.15) is 11.4 Å². The second-order valence-electron chi connectivity index (χ2n) is 5.31. The Hall–Kier alpha value is -2.35. The van der Waals surface area contributed by atoms with Gasteiger partial charge in [-0.2, -0.15) is 13.2 Å². The van der Waals surface area contributed by atoms with Gasteiger partial charge in [-0.15, -0.1) is 0 Å². The Kier molecular flexibility index (Phi) is 5.61. The largest absolute Gasteiger partial charge is 0.483 e. The van der Waals surface area contributed by atoms with Crippen molar-refractivity contribution >= 4 is 16.8 Å². The number of carbonyl (C=O) groups is 1. The minimum Gasteiger partial charge on any atom is -0.483 e. The lowest BCUT2D eigenvalue weighted by Gasteiger charge is -2.15. The standard InChI is InChI=1S/C16H17F3N2O3/c1-10(6-7-22)20-15(23)13-8-14(24-9-16(17,18)19)11-4-2-3-5-12(11)21-13/h2-5,8,10,22H,6-7,9H2,1H3,(H,20,23). The zero-order chi connectivity index (χ0) is 17.7. The average Bonchev–Trinajstić information content (AvgIpc) is 2.51. The van der Waals surface area contributed by atoms with Crippen molar-refractivity contribution in [3.63, 3.8) is 0 Å². The number of alkyl halides is 3. The molecule has 0 bridgehead atoms. The maximum absolute atomic E-state index is 12.4. The van der Waals surface area contributed by atoms with Gasteiger partial charge in [0.2, 0.25) is 0 Å². The third-order valence-electron chi connectivity index (χ3n) is 3.24. The molecule has 0 fully saturated rings. The van der Waals surface area contributed by atoms with Crippen LogP contribution in [0, 0.1) is 0 Å². The van der Waals surface area contributed by atoms with Crippen molar-refractivity contribution in [3.8, 4) is 5.75 Å². The minimum absolute atomic E-state index is 0.0457. The van der Waals surface area contributed by atoms with E-state index in [0.717, 1.165) is 0 Å². The molecule has 0 saturated carbocycles. The lowest BCUT2D eigenvalue weighted by Crippen LogP contribution is -2.33. The number of rotatable bonds is 6. The average molecular weight is 342 g/mol. The lowest BCUT2D eigenvalue weighted by molar-refractivity contribution is -0.153. The molecule has 1 heterocycles. The zero-order valence-electron chi connectivity index (χ0n) is 12.9. The van der Waals surface area contributed by atoms with Crippen LogP contribution in [0.1, 0.15) is 23.8 Å². The number of carbonyl (C=O) groups excluding carboxylic acids is 1. The van der Waals surface area contributed by atoms with Crippen molar-refractivity contribution in [2.75, 3.05) is 13.2 Å². The number of nitrogens with zero attached hydrogens (tertiary/aromatic N) is 1. The van der Waals surface area contributed by atoms with E-state index in [1.54, 1.807) is 31.2 Å². The number of para-hydroxylation sites is 1. The van der Waals surface area contributed by atoms with Crippen LogP contribution in [-0.2, 0) is 0 Å². The second-order valence-corrected chi connectivity index (χ2v) is 5.31. The van der Waals surface area contributed by atoms with Crippen LogP contribution >= 0.6 is 0 Å². The summed E-state index contributed by atoms with van der Waals surface area (Å²) < 4.78 is 42.1. The molecule has 1 aromatic carbocycles. The summed E-state index contributed by atoms with van der Waals surface area (Å²) in [7, 11) is 0. The predicted octanol–water partition coefficient (Wildman–Crippen LogP) is 2.68. The lowest BCUT2D eigenvalue weighted by atomic mass is 10.1. The third kappa shape index (κ3) is 4.82. The molecule has 0 aliphatic rings. The van der Waals surface area contributed by atoms with Gasteiger partial charge in [-0.05, 0) is 25.5 Å². The molecule has 24 heavy (non-hydrogen) atoms. The molecule has 1 unspecified atom stereocenters. The van der Waals surface area contributed by atoms with E-state index < -0.39 is 18.7 Å². The monoisotopic (exact) mass is 342 g/mol. The van der Waals surface area contributed by atoms with Crippen LogP contribution in [0.15, 0.2) is 30.3 Å². The molecular weight excluding hydrogens is 325 g/mol. The van der Waals surface area contributed by atoms with Crippen LogP contribution in [-0.4, -0.2) is 41.4 Å². The number of ether oxygens (including phenoxy) is 1. The molecule has 0 radical (unpaired) electrons. The summed E-state index contributed by atoms with van der Waals surface area (Å²) in [6.45, 7) is 0.158. The molecule has 2 aromatic rings. The summed E-state index contributed by atoms with van der Waals surface area (Å²) in [5.41, 5.74) is 0.313. The molecule has 5 nitrogen and oxygen atoms in total. The summed E-state index contributed by atoms with van der Waals surface area (Å²) in [6, 6.07) is 7.37. The number of pyridine rings is 1. The number of hydrogen-bond donors (Lipinski definition) is 2. The normalized spacial score (nSPS) is 12.9. The first-order chi connectivity index (χ1) is 11.3. The maximum atomic E-state index is 12.4. The molecule has 1 aromatic heterocycles. The van der Waals surface area contributed by atoms with Gasteiger partial charge in [-0.1, -0.05) is 12.1 Å². The maximum Gasteiger partial charge on any atom is 0.422 e. The van der Waals surface area contributed by atoms with Crippen LogP contribution < -0.4 is 10.1 Å². The fourth-order valence-corrected chi connectivity index (χ4v) is 2.10. The van der Waals surface area contributed by atoms with Crippen LogP contribution in [0.3, 0.4) is 0 Å². The Bertz CT molecular complexity index is 719. The molecule has 8 heteroatoms. The Morgan fingerprint density at radius 3 is 2.75 bits per heavy atom. The first kappa shape index (κ1) is 18.0. The Morgan fingerprint density at radius 2 is 2.08 bits per heavy atom. The van der Waals surface area contributed by atoms with Gasteiger partial charge >= 0.3 is 6.18 Å². The molecular formula is C16H17F3N2O3. The predicted molar refractivity (Wildman–Crippen MR) is 81.9 cm³/mol. The van der Waals surface area contributed by atoms with E-state index in [4.69, 9.17) is 9.84 Å². The number of aromatic nitrogens is 1. The third-order valence-corrected chi connectivity index (χ3v) is 3.24. The van der Waals surface area contributed by atoms with Gasteiger partial charge in [0, 0.05) is 24.1 Å². The molecule has 1 amide bonds. The number of aliphatic hydroxyl groups excluding tert-OH is 1. The highest BCUT2D eigenvalue weighted by Gasteiger charge is 2.29. The van der Waals surface area contributed by atoms with Gasteiger partial charge in [0.15, 0.2) is 6.61 Å². The first-order valence-corrected chi connectivity index (χ1v) is 7.31. The van der Waals surface area contributed by atoms with Gasteiger partial charge in [0.05, 0.1) is 5.52 Å². The van der Waals surface area contributed by atoms with Crippen LogP contribution in [0.2, 0.25) is 0 Å². The molecule has 0 spiro atoms. The van der Waals surface area contributed by atoms with E-state index in [1.807, 2.05) is 0 Å². The molecule has 1 atom stereocenters. The number of benzene rings is 1. The summed E-state index contributed by atoms with van der Waals surface area (Å²) in [5, 5.41) is 11.9. The summed E-state index contributed by atoms with van der Waals surface area (Å²) >= 11 is 0. The highest BCUT2D eigenvalue weighted by Crippen LogP contribution is 2.27. The highest BCUT2D eigenvalue weighted by molar-refractivity contribution is 5.97. The van der Waals surface area contributed by atoms with Crippen molar-refractivity contribution in [1.29, 1.82) is 0 Å². The number of amides is 1. The van der Waals surface area contributed by atoms with Crippen molar-refractivity contribution in [2.45, 2.75) is 25.6 Å². The number of hydrogen-bond acceptors (Lipinski definition) is 4. The molecule has 2 N–H and O–H groups in total. The van der Waals surface area contributed by atoms with E-state index in [1.165, 1.54) is 6.07 Å². The first-order valence-electron chi connectivity index (χ1n) is 7.31. The van der Waals surface area contributed by atoms with Gasteiger partial charge in [-0.3, -0.25) is 4.79 Å². The number of halogens is 3. The Balaban J connectivity index is 2.32. The van der Waals surface area contributed by atoms with E-state index in [9.17, 15) is 18.0 Å². The smallest absolute Gasteiger partial charge is 0.422 e. The summed E-state index contributed by atoms with van der Waals surface area (Å²) in [5.74, 6) is -0.601. The van der Waals surface area contributed by atoms with Crippen LogP contribution in [0.25, 0.3) is 10.9 Å². The van der Waals surface area contributed by atoms with Crippen molar-refractivity contribution in [1.82, 2.24) is 10.3 Å². The van der Waals surface area contributed by atoms with E-state index in [2.05, 4.69) is 10.3 Å². The topological polar surface area (TPSA) is 71.5 Å². The van der Waals surface area contributed by atoms with Crippen LogP contribution in [0.4, 0.5) is 13.2 Å². The fourth-order valence-electron chi connectivity index (χ4n) is 2.10. The molecule has 0 saturated heterocycles. The van der Waals surface area contributed by atoms with Crippen molar-refractivity contribution in [3.05, 3.63) is 36.0 Å². The second kappa shape index (κ2) is 7.48. The minimum atomic E-state index is -4.48. The number of fused-ring (bicyclic) bond motifs is 1. The number of aliphatic hydroxyl groups is 1. The van der Waals surface area contributed by atoms with E-state index >= 15 is 0 Å². The van der Waals surface area contributed by atoms with Crippen molar-refractivity contribution in [2.24, 2.45) is 0 Å². The van der Waals surface area contributed by atoms with Crippen molar-refractivity contribution < 1.29 is 27.8 Å². The van der Waals surface area contributed by atoms with Gasteiger partial charge in [-0.25, -0.2) is 4.98 Å². The SMILES string of the molecule is CC(CCO)NC(=O)c1cc(OCC(F)(F)F)c2ccccc2n1. The molecule has 130 valence electrons. The fraction of sp³-hybridized carbons (Fsp3) is 0.375. The number of nitrogens with one attached hydrogen (secondary N) is 1. The molecule has 0 aliphatic carbocycles. The quantitative estimate of drug-likeness (QED) is 0.847. The van der Waals surface area contributed by atoms with E-state index in [-0.39, 0.29) is 24.1 Å². The van der Waals surface area contributed by atoms with Crippen LogP contribution in [0.5, 0.6) is 5.75 Å². The van der Waals surface area contributed by atoms with Gasteiger partial charge in [0.25, 0.3) is 5.91 Å². The van der Waals surface area contributed by atoms with E-state index in [0.29, 0.717) is 17.3 Å².